The number of hydrogen-bond acceptors (Lipinski definition) is 4. The molecule has 1 aliphatic rings. The van der Waals surface area contributed by atoms with Gasteiger partial charge in [0.1, 0.15) is 12.2 Å². The van der Waals surface area contributed by atoms with Crippen LogP contribution in [0.2, 0.25) is 0 Å². The van der Waals surface area contributed by atoms with Crippen molar-refractivity contribution in [3.8, 4) is 0 Å². The normalized spacial score (nSPS) is 23.0. The van der Waals surface area contributed by atoms with Crippen molar-refractivity contribution in [3.05, 3.63) is 96.4 Å². The molecule has 4 unspecified atom stereocenters. The van der Waals surface area contributed by atoms with Gasteiger partial charge in [-0.1, -0.05) is 48.6 Å². The van der Waals surface area contributed by atoms with E-state index in [4.69, 9.17) is 0 Å². The van der Waals surface area contributed by atoms with E-state index >= 15 is 0 Å². The number of aromatic nitrogens is 2. The fourth-order valence-corrected chi connectivity index (χ4v) is 5.37. The minimum Gasteiger partial charge on any atom is -0.384 e. The Balaban J connectivity index is 1.65. The van der Waals surface area contributed by atoms with Gasteiger partial charge in [0, 0.05) is 46.0 Å². The molecule has 5 rings (SSSR count). The molecule has 1 aliphatic carbocycles. The number of carbonyl (C=O) groups is 2. The quantitative estimate of drug-likeness (QED) is 0.332. The summed E-state index contributed by atoms with van der Waals surface area (Å²) in [5.74, 6) is -3.47. The standard InChI is InChI=1S/C28H26N2O4/c1-3-9-19-21(15-11-5-7-13-17(15)29-19)23-25(31)27(33)24(28(34)26(23)32)22-16-12-6-8-14-18(16)30-20(22)10-4-2/h3-8,11-14,23-25,28-31,34H,1-2,9-10H2. The Hall–Kier alpha value is -3.74. The highest BCUT2D eigenvalue weighted by molar-refractivity contribution is 6.10. The van der Waals surface area contributed by atoms with Gasteiger partial charge in [-0.2, -0.15) is 0 Å². The highest BCUT2D eigenvalue weighted by atomic mass is 16.3. The third-order valence-corrected chi connectivity index (χ3v) is 6.80. The Morgan fingerprint density at radius 3 is 1.47 bits per heavy atom. The van der Waals surface area contributed by atoms with Crippen LogP contribution >= 0.6 is 0 Å². The van der Waals surface area contributed by atoms with Crippen LogP contribution < -0.4 is 0 Å². The van der Waals surface area contributed by atoms with Crippen molar-refractivity contribution in [2.75, 3.05) is 0 Å². The lowest BCUT2D eigenvalue weighted by Gasteiger charge is -2.35. The van der Waals surface area contributed by atoms with Gasteiger partial charge in [-0.3, -0.25) is 9.59 Å². The minimum atomic E-state index is -1.59. The van der Waals surface area contributed by atoms with E-state index in [9.17, 15) is 19.8 Å². The number of para-hydroxylation sites is 2. The molecule has 0 bridgehead atoms. The molecule has 0 radical (unpaired) electrons. The van der Waals surface area contributed by atoms with Gasteiger partial charge in [0.15, 0.2) is 11.6 Å². The van der Waals surface area contributed by atoms with Crippen molar-refractivity contribution >= 4 is 33.4 Å². The predicted molar refractivity (Wildman–Crippen MR) is 132 cm³/mol. The van der Waals surface area contributed by atoms with Gasteiger partial charge in [0.2, 0.25) is 0 Å². The molecule has 0 saturated heterocycles. The number of fused-ring (bicyclic) bond motifs is 2. The van der Waals surface area contributed by atoms with Crippen LogP contribution in [0.3, 0.4) is 0 Å². The van der Waals surface area contributed by atoms with Gasteiger partial charge in [0.25, 0.3) is 0 Å². The third kappa shape index (κ3) is 3.26. The molecule has 34 heavy (non-hydrogen) atoms. The zero-order valence-electron chi connectivity index (χ0n) is 18.6. The predicted octanol–water partition coefficient (Wildman–Crippen LogP) is 3.85. The zero-order chi connectivity index (χ0) is 24.0. The largest absolute Gasteiger partial charge is 0.384 e. The maximum atomic E-state index is 13.7. The molecular formula is C28H26N2O4. The smallest absolute Gasteiger partial charge is 0.172 e. The summed E-state index contributed by atoms with van der Waals surface area (Å²) in [5.41, 5.74) is 4.08. The number of carbonyl (C=O) groups excluding carboxylic acids is 2. The fraction of sp³-hybridized carbons (Fsp3) is 0.214. The van der Waals surface area contributed by atoms with Crippen molar-refractivity contribution in [3.63, 3.8) is 0 Å². The number of H-pyrrole nitrogens is 2. The Labute approximate surface area is 196 Å². The van der Waals surface area contributed by atoms with Crippen molar-refractivity contribution in [2.45, 2.75) is 36.9 Å². The molecule has 0 spiro atoms. The number of hydrogen-bond donors (Lipinski definition) is 4. The number of Topliss-reactive ketones (excluding diaryl/α,β-unsaturated/α-hetero) is 2. The first-order valence-corrected chi connectivity index (χ1v) is 11.3. The number of allylic oxidation sites excluding steroid dienone is 2. The molecule has 0 aliphatic heterocycles. The monoisotopic (exact) mass is 454 g/mol. The lowest BCUT2D eigenvalue weighted by molar-refractivity contribution is -0.149. The molecule has 0 amide bonds. The molecule has 4 aromatic rings. The van der Waals surface area contributed by atoms with Gasteiger partial charge in [-0.15, -0.1) is 13.2 Å². The van der Waals surface area contributed by atoms with Crippen molar-refractivity contribution in [1.29, 1.82) is 0 Å². The summed E-state index contributed by atoms with van der Waals surface area (Å²) in [6.45, 7) is 7.57. The Kier molecular flexibility index (Phi) is 5.55. The summed E-state index contributed by atoms with van der Waals surface area (Å²) in [6, 6.07) is 14.9. The van der Waals surface area contributed by atoms with Crippen LogP contribution in [0.4, 0.5) is 0 Å². The van der Waals surface area contributed by atoms with Crippen LogP contribution in [0.15, 0.2) is 73.8 Å². The summed E-state index contributed by atoms with van der Waals surface area (Å²) in [4.78, 5) is 33.9. The van der Waals surface area contributed by atoms with Gasteiger partial charge in [-0.25, -0.2) is 0 Å². The fourth-order valence-electron chi connectivity index (χ4n) is 5.37. The Bertz CT molecular complexity index is 1330. The van der Waals surface area contributed by atoms with Crippen LogP contribution in [0.1, 0.15) is 34.4 Å². The van der Waals surface area contributed by atoms with Crippen LogP contribution in [0, 0.1) is 0 Å². The number of nitrogens with one attached hydrogen (secondary N) is 2. The summed E-state index contributed by atoms with van der Waals surface area (Å²) in [5, 5.41) is 24.0. The number of rotatable bonds is 6. The van der Waals surface area contributed by atoms with Gasteiger partial charge >= 0.3 is 0 Å². The molecule has 4 N–H and O–H groups in total. The van der Waals surface area contributed by atoms with E-state index in [2.05, 4.69) is 23.1 Å². The maximum Gasteiger partial charge on any atom is 0.172 e. The topological polar surface area (TPSA) is 106 Å². The van der Waals surface area contributed by atoms with Crippen molar-refractivity contribution < 1.29 is 19.8 Å². The highest BCUT2D eigenvalue weighted by Crippen LogP contribution is 2.43. The average molecular weight is 455 g/mol. The van der Waals surface area contributed by atoms with Crippen LogP contribution in [0.5, 0.6) is 0 Å². The van der Waals surface area contributed by atoms with Gasteiger partial charge in [-0.05, 0) is 23.3 Å². The van der Waals surface area contributed by atoms with E-state index in [0.29, 0.717) is 35.4 Å². The number of ketones is 2. The van der Waals surface area contributed by atoms with Crippen LogP contribution in [-0.2, 0) is 22.4 Å². The summed E-state index contributed by atoms with van der Waals surface area (Å²) < 4.78 is 0. The highest BCUT2D eigenvalue weighted by Gasteiger charge is 2.51. The van der Waals surface area contributed by atoms with E-state index < -0.39 is 35.6 Å². The molecule has 6 heteroatoms. The minimum absolute atomic E-state index is 0.431. The Morgan fingerprint density at radius 2 is 1.09 bits per heavy atom. The second-order valence-corrected chi connectivity index (χ2v) is 8.76. The second kappa shape index (κ2) is 8.56. The first-order chi connectivity index (χ1) is 16.5. The van der Waals surface area contributed by atoms with Gasteiger partial charge in [0.05, 0.1) is 11.8 Å². The molecule has 2 heterocycles. The van der Waals surface area contributed by atoms with E-state index in [-0.39, 0.29) is 0 Å². The molecule has 2 aromatic carbocycles. The lowest BCUT2D eigenvalue weighted by Crippen LogP contribution is -2.51. The van der Waals surface area contributed by atoms with E-state index in [1.54, 1.807) is 12.2 Å². The van der Waals surface area contributed by atoms with Crippen molar-refractivity contribution in [1.82, 2.24) is 9.97 Å². The Morgan fingerprint density at radius 1 is 0.706 bits per heavy atom. The summed E-state index contributed by atoms with van der Waals surface area (Å²) >= 11 is 0. The van der Waals surface area contributed by atoms with Crippen LogP contribution in [0.25, 0.3) is 21.8 Å². The van der Waals surface area contributed by atoms with E-state index in [1.807, 2.05) is 48.5 Å². The third-order valence-electron chi connectivity index (χ3n) is 6.80. The maximum absolute atomic E-state index is 13.7. The molecule has 1 saturated carbocycles. The van der Waals surface area contributed by atoms with Gasteiger partial charge < -0.3 is 20.2 Å². The summed E-state index contributed by atoms with van der Waals surface area (Å²) in [7, 11) is 0. The number of aliphatic hydroxyl groups excluding tert-OH is 2. The molecule has 1 fully saturated rings. The molecule has 4 atom stereocenters. The van der Waals surface area contributed by atoms with Crippen LogP contribution in [-0.4, -0.2) is 44.0 Å². The first-order valence-electron chi connectivity index (χ1n) is 11.3. The average Bonchev–Trinajstić information content (AvgIpc) is 3.37. The second-order valence-electron chi connectivity index (χ2n) is 8.76. The molecule has 172 valence electrons. The molecular weight excluding hydrogens is 428 g/mol. The number of aliphatic hydroxyl groups is 2. The molecule has 2 aromatic heterocycles. The number of aromatic amines is 2. The SMILES string of the molecule is C=CCc1[nH]c2ccccc2c1C1C(=O)C(O)C(c2c(CC=C)[nH]c3ccccc23)C(=O)C1O. The lowest BCUT2D eigenvalue weighted by atomic mass is 9.69. The molecule has 6 nitrogen and oxygen atoms in total. The summed E-state index contributed by atoms with van der Waals surface area (Å²) in [6.07, 6.45) is 1.08. The number of benzene rings is 2. The van der Waals surface area contributed by atoms with E-state index in [0.717, 1.165) is 21.8 Å². The van der Waals surface area contributed by atoms with Crippen molar-refractivity contribution in [2.24, 2.45) is 0 Å². The first kappa shape index (κ1) is 22.1. The van der Waals surface area contributed by atoms with E-state index in [1.165, 1.54) is 0 Å². The zero-order valence-corrected chi connectivity index (χ0v) is 18.6.